The molecule has 0 aliphatic carbocycles. The molecule has 1 heterocycles. The van der Waals surface area contributed by atoms with Crippen LogP contribution in [0.2, 0.25) is 0 Å². The molecule has 0 aromatic carbocycles. The van der Waals surface area contributed by atoms with E-state index in [0.29, 0.717) is 19.3 Å². The summed E-state index contributed by atoms with van der Waals surface area (Å²) in [6.45, 7) is 7.35. The predicted octanol–water partition coefficient (Wildman–Crippen LogP) is 1.95. The average molecular weight is 254 g/mol. The van der Waals surface area contributed by atoms with Crippen LogP contribution in [0.1, 0.15) is 38.3 Å². The summed E-state index contributed by atoms with van der Waals surface area (Å²) < 4.78 is 7.41. The van der Waals surface area contributed by atoms with Crippen LogP contribution in [-0.2, 0) is 11.3 Å². The second-order valence-electron chi connectivity index (χ2n) is 4.42. The first-order valence-corrected chi connectivity index (χ1v) is 6.89. The zero-order valence-corrected chi connectivity index (χ0v) is 11.6. The maximum Gasteiger partial charge on any atom is 0.0698 e. The number of nitrogens with zero attached hydrogens (tertiary/aromatic N) is 1. The van der Waals surface area contributed by atoms with E-state index < -0.39 is 0 Å². The third-order valence-electron chi connectivity index (χ3n) is 2.93. The van der Waals surface area contributed by atoms with Gasteiger partial charge in [0.1, 0.15) is 0 Å². The second-order valence-corrected chi connectivity index (χ2v) is 4.42. The number of aliphatic hydroxyl groups excluding tert-OH is 1. The normalized spacial score (nSPS) is 12.8. The zero-order chi connectivity index (χ0) is 13.2. The van der Waals surface area contributed by atoms with Gasteiger partial charge < -0.3 is 19.7 Å². The van der Waals surface area contributed by atoms with Crippen molar-refractivity contribution in [2.75, 3.05) is 26.4 Å². The highest BCUT2D eigenvalue weighted by molar-refractivity contribution is 5.15. The summed E-state index contributed by atoms with van der Waals surface area (Å²) in [7, 11) is 0. The molecule has 1 rings (SSSR count). The van der Waals surface area contributed by atoms with Crippen LogP contribution in [0.5, 0.6) is 0 Å². The fourth-order valence-electron chi connectivity index (χ4n) is 2.06. The van der Waals surface area contributed by atoms with Crippen LogP contribution in [0.15, 0.2) is 18.5 Å². The van der Waals surface area contributed by atoms with Gasteiger partial charge in [-0.15, -0.1) is 0 Å². The molecular weight excluding hydrogens is 228 g/mol. The van der Waals surface area contributed by atoms with E-state index in [4.69, 9.17) is 9.84 Å². The first kappa shape index (κ1) is 15.2. The minimum Gasteiger partial charge on any atom is -0.394 e. The van der Waals surface area contributed by atoms with E-state index in [1.54, 1.807) is 0 Å². The van der Waals surface area contributed by atoms with Gasteiger partial charge in [0, 0.05) is 25.0 Å². The fourth-order valence-corrected chi connectivity index (χ4v) is 2.06. The van der Waals surface area contributed by atoms with Gasteiger partial charge in [-0.2, -0.15) is 0 Å². The number of aliphatic hydroxyl groups is 1. The van der Waals surface area contributed by atoms with E-state index in [1.165, 1.54) is 18.4 Å². The molecule has 0 aliphatic heterocycles. The number of ether oxygens (including phenoxy) is 1. The topological polar surface area (TPSA) is 46.4 Å². The lowest BCUT2D eigenvalue weighted by molar-refractivity contribution is 0.0870. The van der Waals surface area contributed by atoms with Crippen LogP contribution in [0.25, 0.3) is 0 Å². The third kappa shape index (κ3) is 5.21. The monoisotopic (exact) mass is 254 g/mol. The van der Waals surface area contributed by atoms with Gasteiger partial charge in [0.25, 0.3) is 0 Å². The predicted molar refractivity (Wildman–Crippen MR) is 73.7 cm³/mol. The van der Waals surface area contributed by atoms with Crippen molar-refractivity contribution >= 4 is 0 Å². The molecule has 1 aromatic heterocycles. The Morgan fingerprint density at radius 1 is 1.39 bits per heavy atom. The Bertz CT molecular complexity index is 306. The Hall–Kier alpha value is -0.840. The van der Waals surface area contributed by atoms with Crippen LogP contribution in [-0.4, -0.2) is 36.0 Å². The molecule has 0 spiro atoms. The van der Waals surface area contributed by atoms with Crippen molar-refractivity contribution in [3.63, 3.8) is 0 Å². The van der Waals surface area contributed by atoms with Gasteiger partial charge in [0.2, 0.25) is 0 Å². The lowest BCUT2D eigenvalue weighted by Gasteiger charge is -2.15. The summed E-state index contributed by atoms with van der Waals surface area (Å²) in [6, 6.07) is 2.63. The molecule has 1 unspecified atom stereocenters. The van der Waals surface area contributed by atoms with Gasteiger partial charge in [-0.05, 0) is 24.6 Å². The second kappa shape index (κ2) is 9.14. The first-order valence-electron chi connectivity index (χ1n) is 6.89. The van der Waals surface area contributed by atoms with E-state index in [2.05, 4.69) is 42.2 Å². The van der Waals surface area contributed by atoms with Gasteiger partial charge in [0.05, 0.1) is 19.8 Å². The molecule has 104 valence electrons. The lowest BCUT2D eigenvalue weighted by Crippen LogP contribution is -2.20. The minimum absolute atomic E-state index is 0.0932. The first-order chi connectivity index (χ1) is 8.81. The SMILES string of the molecule is CCCC(NCC)c1ccn(CCOCCO)c1. The van der Waals surface area contributed by atoms with Gasteiger partial charge in [-0.25, -0.2) is 0 Å². The molecule has 0 saturated carbocycles. The maximum atomic E-state index is 8.62. The van der Waals surface area contributed by atoms with Crippen molar-refractivity contribution in [2.24, 2.45) is 0 Å². The molecule has 1 aromatic rings. The smallest absolute Gasteiger partial charge is 0.0698 e. The number of rotatable bonds is 10. The van der Waals surface area contributed by atoms with Gasteiger partial charge in [-0.1, -0.05) is 20.3 Å². The Kier molecular flexibility index (Phi) is 7.73. The van der Waals surface area contributed by atoms with Crippen molar-refractivity contribution in [3.05, 3.63) is 24.0 Å². The van der Waals surface area contributed by atoms with E-state index in [1.807, 2.05) is 0 Å². The van der Waals surface area contributed by atoms with Crippen LogP contribution in [0.3, 0.4) is 0 Å². The molecular formula is C14H26N2O2. The van der Waals surface area contributed by atoms with E-state index in [0.717, 1.165) is 13.1 Å². The van der Waals surface area contributed by atoms with E-state index >= 15 is 0 Å². The zero-order valence-electron chi connectivity index (χ0n) is 11.6. The fraction of sp³-hybridized carbons (Fsp3) is 0.714. The van der Waals surface area contributed by atoms with Gasteiger partial charge >= 0.3 is 0 Å². The molecule has 0 amide bonds. The molecule has 18 heavy (non-hydrogen) atoms. The molecule has 0 fully saturated rings. The summed E-state index contributed by atoms with van der Waals surface area (Å²) in [6.07, 6.45) is 6.63. The lowest BCUT2D eigenvalue weighted by atomic mass is 10.1. The molecule has 1 atom stereocenters. The molecule has 0 aliphatic rings. The van der Waals surface area contributed by atoms with Gasteiger partial charge in [0.15, 0.2) is 0 Å². The molecule has 0 saturated heterocycles. The molecule has 2 N–H and O–H groups in total. The molecule has 0 radical (unpaired) electrons. The summed E-state index contributed by atoms with van der Waals surface area (Å²) in [5.74, 6) is 0. The highest BCUT2D eigenvalue weighted by atomic mass is 16.5. The van der Waals surface area contributed by atoms with E-state index in [9.17, 15) is 0 Å². The number of nitrogens with one attached hydrogen (secondary N) is 1. The number of hydrogen-bond acceptors (Lipinski definition) is 3. The standard InChI is InChI=1S/C14H26N2O2/c1-3-5-14(15-4-2)13-6-7-16(12-13)8-10-18-11-9-17/h6-7,12,14-15,17H,3-5,8-11H2,1-2H3. The van der Waals surface area contributed by atoms with Crippen LogP contribution < -0.4 is 5.32 Å². The highest BCUT2D eigenvalue weighted by Crippen LogP contribution is 2.18. The van der Waals surface area contributed by atoms with Crippen molar-refractivity contribution in [2.45, 2.75) is 39.3 Å². The Balaban J connectivity index is 2.44. The van der Waals surface area contributed by atoms with Crippen molar-refractivity contribution in [1.29, 1.82) is 0 Å². The Labute approximate surface area is 110 Å². The van der Waals surface area contributed by atoms with Crippen molar-refractivity contribution < 1.29 is 9.84 Å². The largest absolute Gasteiger partial charge is 0.394 e. The Morgan fingerprint density at radius 2 is 2.22 bits per heavy atom. The van der Waals surface area contributed by atoms with E-state index in [-0.39, 0.29) is 6.61 Å². The molecule has 4 nitrogen and oxygen atoms in total. The van der Waals surface area contributed by atoms with Crippen molar-refractivity contribution in [1.82, 2.24) is 9.88 Å². The Morgan fingerprint density at radius 3 is 2.89 bits per heavy atom. The summed E-state index contributed by atoms with van der Waals surface area (Å²) in [5, 5.41) is 12.1. The molecule has 0 bridgehead atoms. The van der Waals surface area contributed by atoms with Crippen LogP contribution >= 0.6 is 0 Å². The average Bonchev–Trinajstić information content (AvgIpc) is 2.83. The third-order valence-corrected chi connectivity index (χ3v) is 2.93. The summed E-state index contributed by atoms with van der Waals surface area (Å²) in [4.78, 5) is 0. The minimum atomic E-state index is 0.0932. The number of hydrogen-bond donors (Lipinski definition) is 2. The van der Waals surface area contributed by atoms with Crippen molar-refractivity contribution in [3.8, 4) is 0 Å². The summed E-state index contributed by atoms with van der Waals surface area (Å²) in [5.41, 5.74) is 1.35. The van der Waals surface area contributed by atoms with Crippen LogP contribution in [0.4, 0.5) is 0 Å². The highest BCUT2D eigenvalue weighted by Gasteiger charge is 2.10. The summed E-state index contributed by atoms with van der Waals surface area (Å²) >= 11 is 0. The van der Waals surface area contributed by atoms with Crippen LogP contribution in [0, 0.1) is 0 Å². The quantitative estimate of drug-likeness (QED) is 0.627. The maximum absolute atomic E-state index is 8.62. The molecule has 4 heteroatoms. The number of aromatic nitrogens is 1. The van der Waals surface area contributed by atoms with Gasteiger partial charge in [-0.3, -0.25) is 0 Å².